The molecule has 84 valence electrons. The van der Waals surface area contributed by atoms with Gasteiger partial charge >= 0.3 is 6.18 Å². The van der Waals surface area contributed by atoms with Crippen molar-refractivity contribution >= 4 is 15.9 Å². The lowest BCUT2D eigenvalue weighted by Crippen LogP contribution is -2.10. The molecule has 1 nitrogen and oxygen atoms in total. The first-order valence-corrected chi connectivity index (χ1v) is 5.46. The zero-order valence-electron chi connectivity index (χ0n) is 8.40. The highest BCUT2D eigenvalue weighted by molar-refractivity contribution is 9.09. The van der Waals surface area contributed by atoms with E-state index in [1.807, 2.05) is 6.92 Å². The molecule has 0 aliphatic carbocycles. The quantitative estimate of drug-likeness (QED) is 0.739. The van der Waals surface area contributed by atoms with E-state index < -0.39 is 11.9 Å². The maximum atomic E-state index is 12.3. The van der Waals surface area contributed by atoms with Crippen molar-refractivity contribution in [3.05, 3.63) is 29.1 Å². The number of alkyl halides is 4. The molecule has 15 heavy (non-hydrogen) atoms. The SMILES string of the molecule is CCC(Br)c1ccc(C(F)(F)F)nc1C. The second-order valence-corrected chi connectivity index (χ2v) is 4.35. The first kappa shape index (κ1) is 12.5. The zero-order valence-corrected chi connectivity index (χ0v) is 9.98. The fourth-order valence-electron chi connectivity index (χ4n) is 1.28. The van der Waals surface area contributed by atoms with Crippen LogP contribution in [0, 0.1) is 6.92 Å². The van der Waals surface area contributed by atoms with Crippen LogP contribution < -0.4 is 0 Å². The van der Waals surface area contributed by atoms with Crippen molar-refractivity contribution in [3.8, 4) is 0 Å². The number of nitrogens with zero attached hydrogens (tertiary/aromatic N) is 1. The molecule has 1 unspecified atom stereocenters. The van der Waals surface area contributed by atoms with Crippen LogP contribution in [-0.2, 0) is 6.18 Å². The van der Waals surface area contributed by atoms with Crippen LogP contribution in [0.5, 0.6) is 0 Å². The topological polar surface area (TPSA) is 12.9 Å². The summed E-state index contributed by atoms with van der Waals surface area (Å²) < 4.78 is 36.9. The Balaban J connectivity index is 3.09. The molecule has 0 spiro atoms. The van der Waals surface area contributed by atoms with Crippen molar-refractivity contribution in [3.63, 3.8) is 0 Å². The summed E-state index contributed by atoms with van der Waals surface area (Å²) in [5, 5.41) is 0. The lowest BCUT2D eigenvalue weighted by molar-refractivity contribution is -0.141. The minimum Gasteiger partial charge on any atom is -0.248 e. The third kappa shape index (κ3) is 2.93. The minimum atomic E-state index is -4.36. The van der Waals surface area contributed by atoms with E-state index in [1.165, 1.54) is 6.07 Å². The number of pyridine rings is 1. The Morgan fingerprint density at radius 2 is 2.00 bits per heavy atom. The van der Waals surface area contributed by atoms with Gasteiger partial charge in [0.15, 0.2) is 0 Å². The van der Waals surface area contributed by atoms with Crippen LogP contribution in [-0.4, -0.2) is 4.98 Å². The average molecular weight is 282 g/mol. The molecule has 1 rings (SSSR count). The van der Waals surface area contributed by atoms with Gasteiger partial charge in [-0.25, -0.2) is 4.98 Å². The molecule has 0 amide bonds. The number of rotatable bonds is 2. The summed E-state index contributed by atoms with van der Waals surface area (Å²) >= 11 is 3.39. The summed E-state index contributed by atoms with van der Waals surface area (Å²) in [5.41, 5.74) is 0.401. The molecule has 1 heterocycles. The highest BCUT2D eigenvalue weighted by Gasteiger charge is 2.32. The van der Waals surface area contributed by atoms with E-state index in [-0.39, 0.29) is 4.83 Å². The summed E-state index contributed by atoms with van der Waals surface area (Å²) in [4.78, 5) is 3.62. The average Bonchev–Trinajstić information content (AvgIpc) is 2.15. The van der Waals surface area contributed by atoms with E-state index in [1.54, 1.807) is 6.92 Å². The van der Waals surface area contributed by atoms with Crippen molar-refractivity contribution in [2.75, 3.05) is 0 Å². The van der Waals surface area contributed by atoms with Gasteiger partial charge in [0.05, 0.1) is 0 Å². The fraction of sp³-hybridized carbons (Fsp3) is 0.500. The Morgan fingerprint density at radius 1 is 1.40 bits per heavy atom. The maximum Gasteiger partial charge on any atom is 0.433 e. The van der Waals surface area contributed by atoms with Crippen molar-refractivity contribution in [2.24, 2.45) is 0 Å². The first-order chi connectivity index (χ1) is 6.86. The molecule has 0 N–H and O–H groups in total. The molecule has 1 aromatic rings. The predicted molar refractivity (Wildman–Crippen MR) is 55.9 cm³/mol. The number of hydrogen-bond acceptors (Lipinski definition) is 1. The van der Waals surface area contributed by atoms with Gasteiger partial charge in [-0.3, -0.25) is 0 Å². The van der Waals surface area contributed by atoms with Gasteiger partial charge in [0.25, 0.3) is 0 Å². The Bertz CT molecular complexity index is 349. The van der Waals surface area contributed by atoms with Gasteiger partial charge in [0.2, 0.25) is 0 Å². The lowest BCUT2D eigenvalue weighted by Gasteiger charge is -2.12. The van der Waals surface area contributed by atoms with E-state index in [0.29, 0.717) is 5.69 Å². The molecule has 0 fully saturated rings. The molecular formula is C10H11BrF3N. The molecule has 0 aliphatic heterocycles. The third-order valence-corrected chi connectivity index (χ3v) is 3.25. The van der Waals surface area contributed by atoms with Crippen LogP contribution in [0.2, 0.25) is 0 Å². The summed E-state index contributed by atoms with van der Waals surface area (Å²) in [6, 6.07) is 2.50. The van der Waals surface area contributed by atoms with Crippen LogP contribution in [0.1, 0.15) is 35.1 Å². The maximum absolute atomic E-state index is 12.3. The van der Waals surface area contributed by atoms with Gasteiger partial charge in [-0.15, -0.1) is 0 Å². The minimum absolute atomic E-state index is 0.0623. The van der Waals surface area contributed by atoms with Crippen molar-refractivity contribution in [2.45, 2.75) is 31.3 Å². The van der Waals surface area contributed by atoms with E-state index in [9.17, 15) is 13.2 Å². The van der Waals surface area contributed by atoms with Crippen LogP contribution in [0.25, 0.3) is 0 Å². The third-order valence-electron chi connectivity index (χ3n) is 2.11. The van der Waals surface area contributed by atoms with Gasteiger partial charge < -0.3 is 0 Å². The molecule has 1 atom stereocenters. The second-order valence-electron chi connectivity index (χ2n) is 3.24. The molecule has 1 aromatic heterocycles. The molecule has 0 aromatic carbocycles. The molecule has 0 bridgehead atoms. The van der Waals surface area contributed by atoms with Crippen molar-refractivity contribution in [1.82, 2.24) is 4.98 Å². The molecule has 0 radical (unpaired) electrons. The molecule has 0 aliphatic rings. The number of halogens is 4. The van der Waals surface area contributed by atoms with Gasteiger partial charge in [-0.05, 0) is 25.0 Å². The van der Waals surface area contributed by atoms with Crippen LogP contribution in [0.15, 0.2) is 12.1 Å². The smallest absolute Gasteiger partial charge is 0.248 e. The van der Waals surface area contributed by atoms with E-state index in [0.717, 1.165) is 18.1 Å². The Morgan fingerprint density at radius 3 is 2.40 bits per heavy atom. The van der Waals surface area contributed by atoms with Crippen LogP contribution in [0.4, 0.5) is 13.2 Å². The van der Waals surface area contributed by atoms with E-state index >= 15 is 0 Å². The highest BCUT2D eigenvalue weighted by Crippen LogP contribution is 2.32. The van der Waals surface area contributed by atoms with Crippen LogP contribution in [0.3, 0.4) is 0 Å². The van der Waals surface area contributed by atoms with Crippen molar-refractivity contribution in [1.29, 1.82) is 0 Å². The monoisotopic (exact) mass is 281 g/mol. The van der Waals surface area contributed by atoms with Gasteiger partial charge in [0, 0.05) is 10.5 Å². The summed E-state index contributed by atoms with van der Waals surface area (Å²) in [6.45, 7) is 3.55. The van der Waals surface area contributed by atoms with E-state index in [2.05, 4.69) is 20.9 Å². The van der Waals surface area contributed by atoms with Crippen molar-refractivity contribution < 1.29 is 13.2 Å². The molecule has 5 heteroatoms. The Labute approximate surface area is 94.8 Å². The summed E-state index contributed by atoms with van der Waals surface area (Å²) in [7, 11) is 0. The summed E-state index contributed by atoms with van der Waals surface area (Å²) in [6.07, 6.45) is -3.55. The Kier molecular flexibility index (Phi) is 3.76. The molecule has 0 saturated heterocycles. The fourth-order valence-corrected chi connectivity index (χ4v) is 1.76. The molecule has 0 saturated carbocycles. The number of aromatic nitrogens is 1. The largest absolute Gasteiger partial charge is 0.433 e. The van der Waals surface area contributed by atoms with Crippen LogP contribution >= 0.6 is 15.9 Å². The Hall–Kier alpha value is -0.580. The predicted octanol–water partition coefficient (Wildman–Crippen LogP) is 4.25. The number of aryl methyl sites for hydroxylation is 1. The molecular weight excluding hydrogens is 271 g/mol. The number of hydrogen-bond donors (Lipinski definition) is 0. The lowest BCUT2D eigenvalue weighted by atomic mass is 10.1. The first-order valence-electron chi connectivity index (χ1n) is 4.55. The van der Waals surface area contributed by atoms with Gasteiger partial charge in [-0.2, -0.15) is 13.2 Å². The highest BCUT2D eigenvalue weighted by atomic mass is 79.9. The van der Waals surface area contributed by atoms with E-state index in [4.69, 9.17) is 0 Å². The van der Waals surface area contributed by atoms with Gasteiger partial charge in [-0.1, -0.05) is 28.9 Å². The zero-order chi connectivity index (χ0) is 11.6. The normalized spacial score (nSPS) is 14.0. The second kappa shape index (κ2) is 4.51. The summed E-state index contributed by atoms with van der Waals surface area (Å²) in [5.74, 6) is 0. The van der Waals surface area contributed by atoms with Gasteiger partial charge in [0.1, 0.15) is 5.69 Å². The standard InChI is InChI=1S/C10H11BrF3N/c1-3-8(11)7-4-5-9(10(12,13)14)15-6(7)2/h4-5,8H,3H2,1-2H3.